The van der Waals surface area contributed by atoms with Gasteiger partial charge in [0.25, 0.3) is 0 Å². The lowest BCUT2D eigenvalue weighted by Crippen LogP contribution is -2.52. The minimum Gasteiger partial charge on any atom is -0.368 e. The van der Waals surface area contributed by atoms with E-state index >= 15 is 0 Å². The summed E-state index contributed by atoms with van der Waals surface area (Å²) in [5.74, 6) is -2.55. The SMILES string of the molecule is CN1C(=O)C(=O)N(CC(=O)N2CCN(c3cccc(C(F)(F)F)c3)CC2)C1=O. The van der Waals surface area contributed by atoms with Gasteiger partial charge in [-0.05, 0) is 18.2 Å². The summed E-state index contributed by atoms with van der Waals surface area (Å²) >= 11 is 0. The number of carbonyl (C=O) groups excluding carboxylic acids is 4. The fraction of sp³-hybridized carbons (Fsp3) is 0.412. The molecule has 1 aromatic carbocycles. The summed E-state index contributed by atoms with van der Waals surface area (Å²) in [5.41, 5.74) is -0.345. The van der Waals surface area contributed by atoms with Crippen LogP contribution in [0.15, 0.2) is 24.3 Å². The summed E-state index contributed by atoms with van der Waals surface area (Å²) < 4.78 is 38.6. The Morgan fingerprint density at radius 1 is 1.04 bits per heavy atom. The van der Waals surface area contributed by atoms with Gasteiger partial charge in [0.2, 0.25) is 5.91 Å². The second-order valence-corrected chi connectivity index (χ2v) is 6.45. The van der Waals surface area contributed by atoms with E-state index in [1.54, 1.807) is 11.0 Å². The summed E-state index contributed by atoms with van der Waals surface area (Å²) in [7, 11) is 1.15. The van der Waals surface area contributed by atoms with E-state index in [4.69, 9.17) is 0 Å². The van der Waals surface area contributed by atoms with Gasteiger partial charge < -0.3 is 9.80 Å². The number of likely N-dealkylation sites (N-methyl/N-ethyl adjacent to an activating group) is 1. The summed E-state index contributed by atoms with van der Waals surface area (Å²) in [5, 5.41) is 0. The zero-order chi connectivity index (χ0) is 20.6. The monoisotopic (exact) mass is 398 g/mol. The number of imide groups is 2. The number of nitrogens with zero attached hydrogens (tertiary/aromatic N) is 4. The van der Waals surface area contributed by atoms with Gasteiger partial charge >= 0.3 is 24.0 Å². The first-order chi connectivity index (χ1) is 13.1. The number of alkyl halides is 3. The van der Waals surface area contributed by atoms with Crippen LogP contribution in [0.1, 0.15) is 5.56 Å². The molecule has 2 heterocycles. The van der Waals surface area contributed by atoms with Gasteiger partial charge in [0.1, 0.15) is 6.54 Å². The van der Waals surface area contributed by atoms with Crippen LogP contribution in [0.4, 0.5) is 23.7 Å². The van der Waals surface area contributed by atoms with Crippen LogP contribution in [-0.2, 0) is 20.6 Å². The highest BCUT2D eigenvalue weighted by molar-refractivity contribution is 6.44. The number of hydrogen-bond donors (Lipinski definition) is 0. The topological polar surface area (TPSA) is 81.2 Å². The Hall–Kier alpha value is -3.11. The van der Waals surface area contributed by atoms with Crippen molar-refractivity contribution in [2.45, 2.75) is 6.18 Å². The molecular formula is C17H17F3N4O4. The van der Waals surface area contributed by atoms with Gasteiger partial charge in [0, 0.05) is 38.9 Å². The third kappa shape index (κ3) is 3.64. The molecule has 2 aliphatic heterocycles. The maximum Gasteiger partial charge on any atom is 0.416 e. The Morgan fingerprint density at radius 2 is 1.68 bits per heavy atom. The van der Waals surface area contributed by atoms with Crippen molar-refractivity contribution < 1.29 is 32.3 Å². The molecule has 0 unspecified atom stereocenters. The number of halogens is 3. The molecule has 0 atom stereocenters. The number of piperazine rings is 1. The number of urea groups is 1. The van der Waals surface area contributed by atoms with Crippen LogP contribution in [0, 0.1) is 0 Å². The number of carbonyl (C=O) groups is 4. The molecular weight excluding hydrogens is 381 g/mol. The van der Waals surface area contributed by atoms with Gasteiger partial charge in [-0.25, -0.2) is 9.69 Å². The second kappa shape index (κ2) is 7.13. The minimum atomic E-state index is -4.44. The highest BCUT2D eigenvalue weighted by Gasteiger charge is 2.43. The number of rotatable bonds is 3. The van der Waals surface area contributed by atoms with E-state index in [9.17, 15) is 32.3 Å². The normalized spacial score (nSPS) is 18.4. The van der Waals surface area contributed by atoms with Crippen molar-refractivity contribution in [1.82, 2.24) is 14.7 Å². The van der Waals surface area contributed by atoms with Gasteiger partial charge in [-0.3, -0.25) is 19.3 Å². The van der Waals surface area contributed by atoms with E-state index in [0.717, 1.165) is 19.2 Å². The molecule has 0 aromatic heterocycles. The van der Waals surface area contributed by atoms with Crippen LogP contribution in [0.5, 0.6) is 0 Å². The molecule has 3 rings (SSSR count). The predicted octanol–water partition coefficient (Wildman–Crippen LogP) is 0.775. The molecule has 8 nitrogen and oxygen atoms in total. The Labute approximate surface area is 158 Å². The van der Waals surface area contributed by atoms with Crippen molar-refractivity contribution in [3.8, 4) is 0 Å². The van der Waals surface area contributed by atoms with E-state index in [2.05, 4.69) is 0 Å². The lowest BCUT2D eigenvalue weighted by Gasteiger charge is -2.36. The first-order valence-electron chi connectivity index (χ1n) is 8.43. The molecule has 5 amide bonds. The lowest BCUT2D eigenvalue weighted by atomic mass is 10.1. The highest BCUT2D eigenvalue weighted by Crippen LogP contribution is 2.31. The molecule has 0 N–H and O–H groups in total. The van der Waals surface area contributed by atoms with E-state index < -0.39 is 42.0 Å². The smallest absolute Gasteiger partial charge is 0.368 e. The Morgan fingerprint density at radius 3 is 2.21 bits per heavy atom. The van der Waals surface area contributed by atoms with Gasteiger partial charge in [-0.15, -0.1) is 0 Å². The van der Waals surface area contributed by atoms with Crippen molar-refractivity contribution in [2.24, 2.45) is 0 Å². The third-order valence-electron chi connectivity index (χ3n) is 4.71. The number of benzene rings is 1. The summed E-state index contributed by atoms with van der Waals surface area (Å²) in [6.07, 6.45) is -4.44. The van der Waals surface area contributed by atoms with Crippen LogP contribution >= 0.6 is 0 Å². The molecule has 0 spiro atoms. The molecule has 2 saturated heterocycles. The van der Waals surface area contributed by atoms with Crippen molar-refractivity contribution in [1.29, 1.82) is 0 Å². The molecule has 1 aromatic rings. The number of hydrogen-bond acceptors (Lipinski definition) is 5. The van der Waals surface area contributed by atoms with Gasteiger partial charge in [-0.1, -0.05) is 6.07 Å². The summed E-state index contributed by atoms with van der Waals surface area (Å²) in [6, 6.07) is 4.08. The Kier molecular flexibility index (Phi) is 5.01. The quantitative estimate of drug-likeness (QED) is 0.555. The second-order valence-electron chi connectivity index (χ2n) is 6.45. The standard InChI is InChI=1S/C17H17F3N4O4/c1-21-14(26)15(27)24(16(21)28)10-13(25)23-7-5-22(6-8-23)12-4-2-3-11(9-12)17(18,19)20/h2-4,9H,5-8,10H2,1H3. The Bertz CT molecular complexity index is 834. The highest BCUT2D eigenvalue weighted by atomic mass is 19.4. The number of amides is 5. The summed E-state index contributed by atoms with van der Waals surface area (Å²) in [6.45, 7) is 0.489. The van der Waals surface area contributed by atoms with E-state index in [0.29, 0.717) is 28.6 Å². The first-order valence-corrected chi connectivity index (χ1v) is 8.43. The van der Waals surface area contributed by atoms with Crippen LogP contribution < -0.4 is 4.90 Å². The molecule has 11 heteroatoms. The van der Waals surface area contributed by atoms with Crippen molar-refractivity contribution >= 4 is 29.4 Å². The molecule has 2 aliphatic rings. The van der Waals surface area contributed by atoms with E-state index in [1.165, 1.54) is 11.0 Å². The molecule has 2 fully saturated rings. The van der Waals surface area contributed by atoms with Crippen molar-refractivity contribution in [3.63, 3.8) is 0 Å². The lowest BCUT2D eigenvalue weighted by molar-refractivity contribution is -0.144. The van der Waals surface area contributed by atoms with Crippen LogP contribution in [0.25, 0.3) is 0 Å². The Balaban J connectivity index is 1.60. The predicted molar refractivity (Wildman–Crippen MR) is 90.1 cm³/mol. The van der Waals surface area contributed by atoms with Crippen LogP contribution in [0.2, 0.25) is 0 Å². The molecule has 150 valence electrons. The minimum absolute atomic E-state index is 0.217. The zero-order valence-electron chi connectivity index (χ0n) is 14.9. The fourth-order valence-corrected chi connectivity index (χ4v) is 3.08. The zero-order valence-corrected chi connectivity index (χ0v) is 14.9. The van der Waals surface area contributed by atoms with Crippen molar-refractivity contribution in [2.75, 3.05) is 44.7 Å². The van der Waals surface area contributed by atoms with E-state index in [1.807, 2.05) is 0 Å². The molecule has 0 bridgehead atoms. The largest absolute Gasteiger partial charge is 0.416 e. The average molecular weight is 398 g/mol. The van der Waals surface area contributed by atoms with E-state index in [-0.39, 0.29) is 13.1 Å². The summed E-state index contributed by atoms with van der Waals surface area (Å²) in [4.78, 5) is 51.8. The van der Waals surface area contributed by atoms with Crippen LogP contribution in [-0.4, -0.2) is 78.2 Å². The first kappa shape index (κ1) is 19.6. The maximum absolute atomic E-state index is 12.9. The fourth-order valence-electron chi connectivity index (χ4n) is 3.08. The van der Waals surface area contributed by atoms with Crippen molar-refractivity contribution in [3.05, 3.63) is 29.8 Å². The molecule has 0 aliphatic carbocycles. The number of anilines is 1. The maximum atomic E-state index is 12.9. The van der Waals surface area contributed by atoms with Gasteiger partial charge in [0.15, 0.2) is 0 Å². The molecule has 28 heavy (non-hydrogen) atoms. The van der Waals surface area contributed by atoms with Crippen LogP contribution in [0.3, 0.4) is 0 Å². The van der Waals surface area contributed by atoms with Gasteiger partial charge in [-0.2, -0.15) is 13.2 Å². The molecule has 0 radical (unpaired) electrons. The van der Waals surface area contributed by atoms with Gasteiger partial charge in [0.05, 0.1) is 5.56 Å². The average Bonchev–Trinajstić information content (AvgIpc) is 2.85. The molecule has 0 saturated carbocycles. The third-order valence-corrected chi connectivity index (χ3v) is 4.71.